The molecule has 0 saturated carbocycles. The summed E-state index contributed by atoms with van der Waals surface area (Å²) < 4.78 is 5.43. The fourth-order valence-corrected chi connectivity index (χ4v) is 2.07. The van der Waals surface area contributed by atoms with E-state index >= 15 is 0 Å². The molecule has 21 heavy (non-hydrogen) atoms. The van der Waals surface area contributed by atoms with Gasteiger partial charge in [-0.1, -0.05) is 31.5 Å². The largest absolute Gasteiger partial charge is 0.464 e. The van der Waals surface area contributed by atoms with Gasteiger partial charge in [0, 0.05) is 12.1 Å². The van der Waals surface area contributed by atoms with Gasteiger partial charge < -0.3 is 10.1 Å². The van der Waals surface area contributed by atoms with Crippen LogP contribution in [0.25, 0.3) is 11.4 Å². The Morgan fingerprint density at radius 3 is 2.67 bits per heavy atom. The molecular weight excluding hydrogens is 264 g/mol. The Balaban J connectivity index is 2.38. The standard InChI is InChI=1S/C16H22N4O/c1-4-8-12-9-7-10-13(11-12)14-18-15(17-5-2)20-16(19-14)21-6-3/h7,9-11H,4-6,8H2,1-3H3,(H,17,18,19,20). The minimum absolute atomic E-state index is 0.361. The number of benzene rings is 1. The fraction of sp³-hybridized carbons (Fsp3) is 0.438. The first-order valence-electron chi connectivity index (χ1n) is 7.48. The van der Waals surface area contributed by atoms with Crippen molar-refractivity contribution in [1.29, 1.82) is 0 Å². The number of aromatic nitrogens is 3. The lowest BCUT2D eigenvalue weighted by Crippen LogP contribution is -2.07. The first-order chi connectivity index (χ1) is 10.3. The average Bonchev–Trinajstić information content (AvgIpc) is 2.48. The van der Waals surface area contributed by atoms with Crippen LogP contribution in [0.1, 0.15) is 32.8 Å². The van der Waals surface area contributed by atoms with Gasteiger partial charge in [0.15, 0.2) is 5.82 Å². The summed E-state index contributed by atoms with van der Waals surface area (Å²) in [6.45, 7) is 7.38. The monoisotopic (exact) mass is 286 g/mol. The maximum Gasteiger partial charge on any atom is 0.321 e. The van der Waals surface area contributed by atoms with Crippen molar-refractivity contribution in [2.75, 3.05) is 18.5 Å². The molecule has 0 spiro atoms. The highest BCUT2D eigenvalue weighted by Crippen LogP contribution is 2.20. The highest BCUT2D eigenvalue weighted by atomic mass is 16.5. The van der Waals surface area contributed by atoms with Gasteiger partial charge in [0.25, 0.3) is 0 Å². The maximum atomic E-state index is 5.43. The van der Waals surface area contributed by atoms with E-state index in [4.69, 9.17) is 4.74 Å². The number of rotatable bonds is 7. The van der Waals surface area contributed by atoms with Gasteiger partial charge in [-0.05, 0) is 31.9 Å². The zero-order valence-electron chi connectivity index (χ0n) is 12.9. The van der Waals surface area contributed by atoms with E-state index in [0.29, 0.717) is 24.4 Å². The van der Waals surface area contributed by atoms with Crippen LogP contribution >= 0.6 is 0 Å². The molecule has 1 aromatic heterocycles. The molecule has 0 unspecified atom stereocenters. The molecule has 0 amide bonds. The number of ether oxygens (including phenoxy) is 1. The number of nitrogens with one attached hydrogen (secondary N) is 1. The van der Waals surface area contributed by atoms with Crippen LogP contribution in [0.5, 0.6) is 6.01 Å². The van der Waals surface area contributed by atoms with Crippen molar-refractivity contribution in [1.82, 2.24) is 15.0 Å². The number of hydrogen-bond acceptors (Lipinski definition) is 5. The van der Waals surface area contributed by atoms with E-state index in [1.54, 1.807) is 0 Å². The Bertz CT molecular complexity index is 562. The molecular formula is C16H22N4O. The molecule has 1 heterocycles. The molecule has 2 aromatic rings. The summed E-state index contributed by atoms with van der Waals surface area (Å²) in [5, 5.41) is 3.11. The van der Waals surface area contributed by atoms with E-state index in [0.717, 1.165) is 24.9 Å². The molecule has 0 saturated heterocycles. The number of nitrogens with zero attached hydrogens (tertiary/aromatic N) is 3. The van der Waals surface area contributed by atoms with E-state index < -0.39 is 0 Å². The second-order valence-electron chi connectivity index (χ2n) is 4.68. The van der Waals surface area contributed by atoms with Crippen molar-refractivity contribution in [2.24, 2.45) is 0 Å². The fourth-order valence-electron chi connectivity index (χ4n) is 2.07. The van der Waals surface area contributed by atoms with E-state index in [1.165, 1.54) is 5.56 Å². The molecule has 2 rings (SSSR count). The molecule has 0 aliphatic carbocycles. The minimum Gasteiger partial charge on any atom is -0.464 e. The molecule has 0 bridgehead atoms. The van der Waals surface area contributed by atoms with Crippen LogP contribution < -0.4 is 10.1 Å². The van der Waals surface area contributed by atoms with Crippen molar-refractivity contribution >= 4 is 5.95 Å². The van der Waals surface area contributed by atoms with Gasteiger partial charge in [-0.3, -0.25) is 0 Å². The minimum atomic E-state index is 0.361. The topological polar surface area (TPSA) is 59.9 Å². The summed E-state index contributed by atoms with van der Waals surface area (Å²) in [6.07, 6.45) is 2.17. The van der Waals surface area contributed by atoms with Crippen molar-refractivity contribution in [3.8, 4) is 17.4 Å². The van der Waals surface area contributed by atoms with Crippen LogP contribution in [0.3, 0.4) is 0 Å². The first-order valence-corrected chi connectivity index (χ1v) is 7.48. The van der Waals surface area contributed by atoms with Crippen molar-refractivity contribution in [3.05, 3.63) is 29.8 Å². The molecule has 1 aromatic carbocycles. The van der Waals surface area contributed by atoms with Gasteiger partial charge >= 0.3 is 6.01 Å². The van der Waals surface area contributed by atoms with Crippen LogP contribution in [0.2, 0.25) is 0 Å². The Morgan fingerprint density at radius 1 is 1.10 bits per heavy atom. The molecule has 1 N–H and O–H groups in total. The predicted molar refractivity (Wildman–Crippen MR) is 84.6 cm³/mol. The predicted octanol–water partition coefficient (Wildman–Crippen LogP) is 3.32. The highest BCUT2D eigenvalue weighted by Gasteiger charge is 2.09. The van der Waals surface area contributed by atoms with E-state index in [1.807, 2.05) is 26.0 Å². The second-order valence-corrected chi connectivity index (χ2v) is 4.68. The van der Waals surface area contributed by atoms with Gasteiger partial charge in [-0.2, -0.15) is 15.0 Å². The molecule has 0 atom stereocenters. The highest BCUT2D eigenvalue weighted by molar-refractivity contribution is 5.57. The van der Waals surface area contributed by atoms with E-state index in [2.05, 4.69) is 39.3 Å². The van der Waals surface area contributed by atoms with Crippen LogP contribution in [0, 0.1) is 0 Å². The van der Waals surface area contributed by atoms with Gasteiger partial charge in [-0.15, -0.1) is 0 Å². The molecule has 112 valence electrons. The average molecular weight is 286 g/mol. The summed E-state index contributed by atoms with van der Waals surface area (Å²) >= 11 is 0. The Morgan fingerprint density at radius 2 is 1.95 bits per heavy atom. The third-order valence-electron chi connectivity index (χ3n) is 2.95. The Hall–Kier alpha value is -2.17. The van der Waals surface area contributed by atoms with Crippen LogP contribution in [-0.2, 0) is 6.42 Å². The summed E-state index contributed by atoms with van der Waals surface area (Å²) in [4.78, 5) is 13.1. The molecule has 0 aliphatic rings. The zero-order chi connectivity index (χ0) is 15.1. The quantitative estimate of drug-likeness (QED) is 0.846. The van der Waals surface area contributed by atoms with E-state index in [9.17, 15) is 0 Å². The summed E-state index contributed by atoms with van der Waals surface area (Å²) in [5.41, 5.74) is 2.28. The molecule has 0 radical (unpaired) electrons. The lowest BCUT2D eigenvalue weighted by molar-refractivity contribution is 0.312. The second kappa shape index (κ2) is 7.57. The Kier molecular flexibility index (Phi) is 5.49. The SMILES string of the molecule is CCCc1cccc(-c2nc(NCC)nc(OCC)n2)c1. The lowest BCUT2D eigenvalue weighted by atomic mass is 10.1. The lowest BCUT2D eigenvalue weighted by Gasteiger charge is -2.08. The molecule has 5 nitrogen and oxygen atoms in total. The molecule has 0 fully saturated rings. The van der Waals surface area contributed by atoms with Crippen LogP contribution in [-0.4, -0.2) is 28.1 Å². The van der Waals surface area contributed by atoms with Gasteiger partial charge in [0.05, 0.1) is 6.61 Å². The normalized spacial score (nSPS) is 10.4. The zero-order valence-corrected chi connectivity index (χ0v) is 12.9. The maximum absolute atomic E-state index is 5.43. The van der Waals surface area contributed by atoms with Gasteiger partial charge in [-0.25, -0.2) is 0 Å². The summed E-state index contributed by atoms with van der Waals surface area (Å²) in [7, 11) is 0. The van der Waals surface area contributed by atoms with Gasteiger partial charge in [0.1, 0.15) is 0 Å². The third kappa shape index (κ3) is 4.15. The number of anilines is 1. The molecule has 5 heteroatoms. The smallest absolute Gasteiger partial charge is 0.321 e. The van der Waals surface area contributed by atoms with Crippen molar-refractivity contribution in [2.45, 2.75) is 33.6 Å². The number of hydrogen-bond donors (Lipinski definition) is 1. The summed E-state index contributed by atoms with van der Waals surface area (Å²) in [5.74, 6) is 1.19. The van der Waals surface area contributed by atoms with Crippen LogP contribution in [0.15, 0.2) is 24.3 Å². The van der Waals surface area contributed by atoms with Crippen molar-refractivity contribution in [3.63, 3.8) is 0 Å². The van der Waals surface area contributed by atoms with Crippen LogP contribution in [0.4, 0.5) is 5.95 Å². The first kappa shape index (κ1) is 15.2. The summed E-state index contributed by atoms with van der Waals surface area (Å²) in [6, 6.07) is 8.67. The van der Waals surface area contributed by atoms with E-state index in [-0.39, 0.29) is 0 Å². The Labute approximate surface area is 125 Å². The van der Waals surface area contributed by atoms with Gasteiger partial charge in [0.2, 0.25) is 5.95 Å². The molecule has 0 aliphatic heterocycles. The number of aryl methyl sites for hydroxylation is 1. The van der Waals surface area contributed by atoms with Crippen molar-refractivity contribution < 1.29 is 4.74 Å². The third-order valence-corrected chi connectivity index (χ3v) is 2.95.